The van der Waals surface area contributed by atoms with Crippen LogP contribution >= 0.6 is 0 Å². The molecule has 0 heterocycles. The zero-order chi connectivity index (χ0) is 14.9. The lowest BCUT2D eigenvalue weighted by molar-refractivity contribution is -0.125. The number of hydrogen-bond donors (Lipinski definition) is 2. The second-order valence-electron chi connectivity index (χ2n) is 6.37. The molecule has 4 nitrogen and oxygen atoms in total. The monoisotopic (exact) mass is 271 g/mol. The van der Waals surface area contributed by atoms with E-state index in [-0.39, 0.29) is 17.2 Å². The Balaban J connectivity index is 3.95. The van der Waals surface area contributed by atoms with Gasteiger partial charge in [-0.15, -0.1) is 0 Å². The summed E-state index contributed by atoms with van der Waals surface area (Å²) in [6.45, 7) is 15.1. The van der Waals surface area contributed by atoms with Crippen molar-refractivity contribution in [1.82, 2.24) is 10.2 Å². The van der Waals surface area contributed by atoms with Gasteiger partial charge in [0.2, 0.25) is 5.91 Å². The Morgan fingerprint density at radius 2 is 1.84 bits per heavy atom. The van der Waals surface area contributed by atoms with E-state index < -0.39 is 0 Å². The maximum Gasteiger partial charge on any atom is 0.224 e. The van der Waals surface area contributed by atoms with Crippen LogP contribution in [0.2, 0.25) is 0 Å². The Labute approximate surface area is 119 Å². The van der Waals surface area contributed by atoms with E-state index in [2.05, 4.69) is 44.8 Å². The van der Waals surface area contributed by atoms with Crippen molar-refractivity contribution in [2.75, 3.05) is 32.7 Å². The van der Waals surface area contributed by atoms with Crippen LogP contribution in [0.15, 0.2) is 0 Å². The molecule has 0 fully saturated rings. The van der Waals surface area contributed by atoms with Crippen LogP contribution in [0.25, 0.3) is 0 Å². The molecule has 0 aliphatic rings. The van der Waals surface area contributed by atoms with Gasteiger partial charge in [-0.05, 0) is 37.9 Å². The quantitative estimate of drug-likeness (QED) is 0.629. The predicted octanol–water partition coefficient (Wildman–Crippen LogP) is 1.85. The molecule has 0 aliphatic carbocycles. The van der Waals surface area contributed by atoms with E-state index in [1.165, 1.54) is 0 Å². The van der Waals surface area contributed by atoms with Crippen LogP contribution in [0.1, 0.15) is 47.5 Å². The first-order chi connectivity index (χ1) is 8.84. The van der Waals surface area contributed by atoms with Crippen LogP contribution < -0.4 is 11.1 Å². The van der Waals surface area contributed by atoms with E-state index in [4.69, 9.17) is 5.73 Å². The molecule has 114 valence electrons. The molecular formula is C15H33N3O. The van der Waals surface area contributed by atoms with Crippen molar-refractivity contribution in [2.45, 2.75) is 47.5 Å². The second kappa shape index (κ2) is 9.32. The van der Waals surface area contributed by atoms with Crippen LogP contribution in [0.5, 0.6) is 0 Å². The van der Waals surface area contributed by atoms with Gasteiger partial charge in [-0.3, -0.25) is 4.79 Å². The standard InChI is InChI=1S/C15H33N3O/c1-6-18(7-2)10-8-9-17-14(19)13(12-16)11-15(3,4)5/h13H,6-12,16H2,1-5H3,(H,17,19). The van der Waals surface area contributed by atoms with Gasteiger partial charge in [0.1, 0.15) is 0 Å². The molecular weight excluding hydrogens is 238 g/mol. The average molecular weight is 271 g/mol. The van der Waals surface area contributed by atoms with Crippen molar-refractivity contribution in [3.05, 3.63) is 0 Å². The minimum Gasteiger partial charge on any atom is -0.356 e. The van der Waals surface area contributed by atoms with Gasteiger partial charge < -0.3 is 16.0 Å². The summed E-state index contributed by atoms with van der Waals surface area (Å²) in [6.07, 6.45) is 1.84. The van der Waals surface area contributed by atoms with Crippen molar-refractivity contribution in [3.63, 3.8) is 0 Å². The number of hydrogen-bond acceptors (Lipinski definition) is 3. The number of amides is 1. The molecule has 0 aromatic heterocycles. The molecule has 0 saturated carbocycles. The van der Waals surface area contributed by atoms with Gasteiger partial charge in [-0.2, -0.15) is 0 Å². The summed E-state index contributed by atoms with van der Waals surface area (Å²) in [7, 11) is 0. The predicted molar refractivity (Wildman–Crippen MR) is 82.0 cm³/mol. The summed E-state index contributed by atoms with van der Waals surface area (Å²) >= 11 is 0. The Morgan fingerprint density at radius 3 is 2.26 bits per heavy atom. The maximum absolute atomic E-state index is 12.0. The molecule has 0 aromatic carbocycles. The third kappa shape index (κ3) is 9.00. The fourth-order valence-electron chi connectivity index (χ4n) is 2.22. The van der Waals surface area contributed by atoms with Gasteiger partial charge in [0, 0.05) is 13.1 Å². The lowest BCUT2D eigenvalue weighted by Crippen LogP contribution is -2.38. The minimum atomic E-state index is -0.0616. The van der Waals surface area contributed by atoms with Crippen molar-refractivity contribution < 1.29 is 4.79 Å². The smallest absolute Gasteiger partial charge is 0.224 e. The molecule has 0 bridgehead atoms. The minimum absolute atomic E-state index is 0.0616. The van der Waals surface area contributed by atoms with E-state index in [9.17, 15) is 4.79 Å². The number of nitrogens with two attached hydrogens (primary N) is 1. The first kappa shape index (κ1) is 18.4. The highest BCUT2D eigenvalue weighted by molar-refractivity contribution is 5.78. The Kier molecular flexibility index (Phi) is 9.02. The zero-order valence-corrected chi connectivity index (χ0v) is 13.5. The molecule has 1 unspecified atom stereocenters. The number of nitrogens with one attached hydrogen (secondary N) is 1. The Bertz CT molecular complexity index is 244. The van der Waals surface area contributed by atoms with E-state index in [1.807, 2.05) is 0 Å². The summed E-state index contributed by atoms with van der Waals surface area (Å²) in [5, 5.41) is 3.01. The first-order valence-corrected chi connectivity index (χ1v) is 7.54. The van der Waals surface area contributed by atoms with Crippen LogP contribution in [-0.2, 0) is 4.79 Å². The van der Waals surface area contributed by atoms with E-state index >= 15 is 0 Å². The van der Waals surface area contributed by atoms with Crippen molar-refractivity contribution in [3.8, 4) is 0 Å². The molecule has 0 aliphatic heterocycles. The van der Waals surface area contributed by atoms with Crippen molar-refractivity contribution in [1.29, 1.82) is 0 Å². The van der Waals surface area contributed by atoms with Gasteiger partial charge >= 0.3 is 0 Å². The third-order valence-corrected chi connectivity index (χ3v) is 3.36. The van der Waals surface area contributed by atoms with Gasteiger partial charge in [-0.1, -0.05) is 34.6 Å². The van der Waals surface area contributed by atoms with Gasteiger partial charge in [0.25, 0.3) is 0 Å². The van der Waals surface area contributed by atoms with Crippen LogP contribution in [0, 0.1) is 11.3 Å². The van der Waals surface area contributed by atoms with Crippen LogP contribution in [-0.4, -0.2) is 43.5 Å². The van der Waals surface area contributed by atoms with E-state index in [0.29, 0.717) is 6.54 Å². The SMILES string of the molecule is CCN(CC)CCCNC(=O)C(CN)CC(C)(C)C. The van der Waals surface area contributed by atoms with Crippen LogP contribution in [0.4, 0.5) is 0 Å². The van der Waals surface area contributed by atoms with Gasteiger partial charge in [0.05, 0.1) is 5.92 Å². The summed E-state index contributed by atoms with van der Waals surface area (Å²) in [5.74, 6) is 0.0467. The molecule has 0 radical (unpaired) electrons. The normalized spacial score (nSPS) is 13.6. The molecule has 19 heavy (non-hydrogen) atoms. The molecule has 3 N–H and O–H groups in total. The molecule has 1 amide bonds. The number of carbonyl (C=O) groups excluding carboxylic acids is 1. The Morgan fingerprint density at radius 1 is 1.26 bits per heavy atom. The molecule has 0 aromatic rings. The number of rotatable bonds is 9. The fourth-order valence-corrected chi connectivity index (χ4v) is 2.22. The van der Waals surface area contributed by atoms with E-state index in [0.717, 1.165) is 39.0 Å². The summed E-state index contributed by atoms with van der Waals surface area (Å²) < 4.78 is 0. The Hall–Kier alpha value is -0.610. The largest absolute Gasteiger partial charge is 0.356 e. The molecule has 0 spiro atoms. The number of nitrogens with zero attached hydrogens (tertiary/aromatic N) is 1. The third-order valence-electron chi connectivity index (χ3n) is 3.36. The highest BCUT2D eigenvalue weighted by Crippen LogP contribution is 2.23. The molecule has 4 heteroatoms. The van der Waals surface area contributed by atoms with Crippen LogP contribution in [0.3, 0.4) is 0 Å². The van der Waals surface area contributed by atoms with Gasteiger partial charge in [0.15, 0.2) is 0 Å². The lowest BCUT2D eigenvalue weighted by atomic mass is 9.84. The fraction of sp³-hybridized carbons (Fsp3) is 0.933. The topological polar surface area (TPSA) is 58.4 Å². The highest BCUT2D eigenvalue weighted by Gasteiger charge is 2.23. The van der Waals surface area contributed by atoms with Crippen molar-refractivity contribution >= 4 is 5.91 Å². The highest BCUT2D eigenvalue weighted by atomic mass is 16.1. The molecule has 0 rings (SSSR count). The zero-order valence-electron chi connectivity index (χ0n) is 13.5. The van der Waals surface area contributed by atoms with Crippen molar-refractivity contribution in [2.24, 2.45) is 17.1 Å². The maximum atomic E-state index is 12.0. The second-order valence-corrected chi connectivity index (χ2v) is 6.37. The summed E-state index contributed by atoms with van der Waals surface area (Å²) in [5.41, 5.74) is 5.85. The lowest BCUT2D eigenvalue weighted by Gasteiger charge is -2.24. The van der Waals surface area contributed by atoms with E-state index in [1.54, 1.807) is 0 Å². The summed E-state index contributed by atoms with van der Waals surface area (Å²) in [4.78, 5) is 14.4. The number of carbonyl (C=O) groups is 1. The first-order valence-electron chi connectivity index (χ1n) is 7.54. The molecule has 1 atom stereocenters. The van der Waals surface area contributed by atoms with Gasteiger partial charge in [-0.25, -0.2) is 0 Å². The summed E-state index contributed by atoms with van der Waals surface area (Å²) in [6, 6.07) is 0. The molecule has 0 saturated heterocycles. The average Bonchev–Trinajstić information content (AvgIpc) is 2.34.